The highest BCUT2D eigenvalue weighted by atomic mass is 32.2. The highest BCUT2D eigenvalue weighted by molar-refractivity contribution is 7.99. The van der Waals surface area contributed by atoms with Crippen LogP contribution in [-0.4, -0.2) is 69.9 Å². The Morgan fingerprint density at radius 3 is 2.69 bits per heavy atom. The third-order valence-corrected chi connectivity index (χ3v) is 7.72. The number of Topliss-reactive ketones (excluding diaryl/α,β-unsaturated/α-hetero) is 1. The number of benzene rings is 1. The molecule has 1 atom stereocenters. The van der Waals surface area contributed by atoms with E-state index in [2.05, 4.69) is 56.3 Å². The Balaban J connectivity index is 1.37. The van der Waals surface area contributed by atoms with E-state index in [0.29, 0.717) is 19.0 Å². The van der Waals surface area contributed by atoms with Gasteiger partial charge in [-0.25, -0.2) is 0 Å². The van der Waals surface area contributed by atoms with Crippen molar-refractivity contribution in [3.05, 3.63) is 52.8 Å². The summed E-state index contributed by atoms with van der Waals surface area (Å²) in [4.78, 5) is 15.5. The van der Waals surface area contributed by atoms with Crippen LogP contribution in [-0.2, 0) is 16.0 Å². The van der Waals surface area contributed by atoms with E-state index in [1.165, 1.54) is 11.8 Å². The van der Waals surface area contributed by atoms with Crippen LogP contribution >= 0.6 is 11.8 Å². The molecular formula is C26H33N5O3S. The first-order valence-electron chi connectivity index (χ1n) is 12.3. The Bertz CT molecular complexity index is 1190. The van der Waals surface area contributed by atoms with E-state index >= 15 is 0 Å². The standard InChI is InChI=1S/C26H33N5O3S/c1-18-6-4-7-21(14-18)31-25(29-9-12-33-13-10-29)27-28-26(31)35-17-24(32)23-15-19(2)30(20(23)3)16-22-8-5-11-34-22/h4,6-7,14-15,22H,5,8-13,16-17H2,1-3H3/t22-/m1/s1. The van der Waals surface area contributed by atoms with Crippen LogP contribution in [0.4, 0.5) is 5.95 Å². The third-order valence-electron chi connectivity index (χ3n) is 6.79. The first-order chi connectivity index (χ1) is 17.0. The molecule has 8 nitrogen and oxygen atoms in total. The molecule has 0 radical (unpaired) electrons. The number of anilines is 1. The summed E-state index contributed by atoms with van der Waals surface area (Å²) < 4.78 is 15.6. The summed E-state index contributed by atoms with van der Waals surface area (Å²) in [5.41, 5.74) is 5.06. The highest BCUT2D eigenvalue weighted by Gasteiger charge is 2.24. The van der Waals surface area contributed by atoms with Crippen LogP contribution < -0.4 is 4.90 Å². The van der Waals surface area contributed by atoms with Crippen molar-refractivity contribution in [2.45, 2.75) is 51.4 Å². The average molecular weight is 496 g/mol. The minimum atomic E-state index is 0.105. The summed E-state index contributed by atoms with van der Waals surface area (Å²) in [7, 11) is 0. The number of aromatic nitrogens is 4. The Morgan fingerprint density at radius 2 is 1.94 bits per heavy atom. The molecule has 2 aliphatic heterocycles. The molecule has 2 aromatic heterocycles. The van der Waals surface area contributed by atoms with Crippen molar-refractivity contribution in [1.82, 2.24) is 19.3 Å². The lowest BCUT2D eigenvalue weighted by Crippen LogP contribution is -2.37. The molecule has 0 bridgehead atoms. The number of carbonyl (C=O) groups is 1. The lowest BCUT2D eigenvalue weighted by Gasteiger charge is -2.28. The molecule has 9 heteroatoms. The molecule has 2 fully saturated rings. The van der Waals surface area contributed by atoms with E-state index < -0.39 is 0 Å². The monoisotopic (exact) mass is 495 g/mol. The maximum absolute atomic E-state index is 13.3. The van der Waals surface area contributed by atoms with Crippen molar-refractivity contribution in [2.75, 3.05) is 43.6 Å². The van der Waals surface area contributed by atoms with Gasteiger partial charge in [-0.15, -0.1) is 10.2 Å². The van der Waals surface area contributed by atoms with E-state index in [0.717, 1.165) is 78.4 Å². The molecule has 0 amide bonds. The van der Waals surface area contributed by atoms with Crippen molar-refractivity contribution in [3.63, 3.8) is 0 Å². The maximum Gasteiger partial charge on any atom is 0.232 e. The first-order valence-corrected chi connectivity index (χ1v) is 13.3. The number of carbonyl (C=O) groups excluding carboxylic acids is 1. The number of ketones is 1. The van der Waals surface area contributed by atoms with Gasteiger partial charge in [0.1, 0.15) is 0 Å². The smallest absolute Gasteiger partial charge is 0.232 e. The van der Waals surface area contributed by atoms with Gasteiger partial charge < -0.3 is 18.9 Å². The van der Waals surface area contributed by atoms with Crippen molar-refractivity contribution < 1.29 is 14.3 Å². The Labute approximate surface area is 210 Å². The van der Waals surface area contributed by atoms with Gasteiger partial charge in [0, 0.05) is 43.2 Å². The van der Waals surface area contributed by atoms with Crippen LogP contribution in [0, 0.1) is 20.8 Å². The predicted molar refractivity (Wildman–Crippen MR) is 137 cm³/mol. The van der Waals surface area contributed by atoms with Gasteiger partial charge in [0.25, 0.3) is 0 Å². The molecule has 0 spiro atoms. The molecule has 186 valence electrons. The van der Waals surface area contributed by atoms with Gasteiger partial charge in [0.2, 0.25) is 5.95 Å². The van der Waals surface area contributed by atoms with Gasteiger partial charge in [0.15, 0.2) is 10.9 Å². The van der Waals surface area contributed by atoms with Crippen LogP contribution in [0.2, 0.25) is 0 Å². The van der Waals surface area contributed by atoms with Crippen LogP contribution in [0.5, 0.6) is 0 Å². The van der Waals surface area contributed by atoms with Gasteiger partial charge in [0.05, 0.1) is 30.8 Å². The zero-order chi connectivity index (χ0) is 24.4. The number of rotatable bonds is 8. The topological polar surface area (TPSA) is 74.4 Å². The number of aryl methyl sites for hydroxylation is 2. The summed E-state index contributed by atoms with van der Waals surface area (Å²) in [5, 5.41) is 9.74. The van der Waals surface area contributed by atoms with E-state index in [1.807, 2.05) is 19.1 Å². The Kier molecular flexibility index (Phi) is 7.27. The molecule has 0 unspecified atom stereocenters. The summed E-state index contributed by atoms with van der Waals surface area (Å²) in [5.74, 6) is 1.20. The average Bonchev–Trinajstić information content (AvgIpc) is 3.59. The van der Waals surface area contributed by atoms with Gasteiger partial charge >= 0.3 is 0 Å². The molecule has 0 aliphatic carbocycles. The number of ether oxygens (including phenoxy) is 2. The van der Waals surface area contributed by atoms with Gasteiger partial charge in [-0.3, -0.25) is 9.36 Å². The van der Waals surface area contributed by atoms with Crippen molar-refractivity contribution in [3.8, 4) is 5.69 Å². The molecule has 3 aromatic rings. The lowest BCUT2D eigenvalue weighted by atomic mass is 10.2. The minimum absolute atomic E-state index is 0.105. The fourth-order valence-corrected chi connectivity index (χ4v) is 5.71. The number of morpholine rings is 1. The van der Waals surface area contributed by atoms with Crippen LogP contribution in [0.3, 0.4) is 0 Å². The number of hydrogen-bond donors (Lipinski definition) is 0. The zero-order valence-electron chi connectivity index (χ0n) is 20.7. The van der Waals surface area contributed by atoms with E-state index in [9.17, 15) is 4.79 Å². The predicted octanol–water partition coefficient (Wildman–Crippen LogP) is 3.98. The molecular weight excluding hydrogens is 462 g/mol. The quantitative estimate of drug-likeness (QED) is 0.346. The minimum Gasteiger partial charge on any atom is -0.378 e. The normalized spacial score (nSPS) is 18.4. The molecule has 1 aromatic carbocycles. The first kappa shape index (κ1) is 24.1. The fourth-order valence-electron chi connectivity index (χ4n) is 4.88. The van der Waals surface area contributed by atoms with Gasteiger partial charge in [-0.2, -0.15) is 0 Å². The molecule has 35 heavy (non-hydrogen) atoms. The Morgan fingerprint density at radius 1 is 1.11 bits per heavy atom. The molecule has 5 rings (SSSR count). The van der Waals surface area contributed by atoms with E-state index in [-0.39, 0.29) is 11.9 Å². The second-order valence-electron chi connectivity index (χ2n) is 9.30. The lowest BCUT2D eigenvalue weighted by molar-refractivity contribution is 0.0957. The fraction of sp³-hybridized carbons (Fsp3) is 0.500. The van der Waals surface area contributed by atoms with Crippen LogP contribution in [0.1, 0.15) is 40.2 Å². The van der Waals surface area contributed by atoms with E-state index in [4.69, 9.17) is 9.47 Å². The van der Waals surface area contributed by atoms with Crippen molar-refractivity contribution >= 4 is 23.5 Å². The largest absolute Gasteiger partial charge is 0.378 e. The second-order valence-corrected chi connectivity index (χ2v) is 10.2. The van der Waals surface area contributed by atoms with Gasteiger partial charge in [-0.05, 0) is 57.4 Å². The SMILES string of the molecule is Cc1cccc(-n2c(SCC(=O)c3cc(C)n(C[C@H]4CCCO4)c3C)nnc2N2CCOCC2)c1. The second kappa shape index (κ2) is 10.6. The van der Waals surface area contributed by atoms with Crippen LogP contribution in [0.15, 0.2) is 35.5 Å². The molecule has 4 heterocycles. The zero-order valence-corrected chi connectivity index (χ0v) is 21.5. The summed E-state index contributed by atoms with van der Waals surface area (Å²) in [6.45, 7) is 10.7. The molecule has 0 saturated carbocycles. The van der Waals surface area contributed by atoms with Crippen molar-refractivity contribution in [2.24, 2.45) is 0 Å². The molecule has 0 N–H and O–H groups in total. The summed E-state index contributed by atoms with van der Waals surface area (Å²) >= 11 is 1.44. The number of thioether (sulfide) groups is 1. The maximum atomic E-state index is 13.3. The van der Waals surface area contributed by atoms with Gasteiger partial charge in [-0.1, -0.05) is 23.9 Å². The summed E-state index contributed by atoms with van der Waals surface area (Å²) in [6, 6.07) is 10.3. The number of hydrogen-bond acceptors (Lipinski definition) is 7. The van der Waals surface area contributed by atoms with Crippen LogP contribution in [0.25, 0.3) is 5.69 Å². The summed E-state index contributed by atoms with van der Waals surface area (Å²) in [6.07, 6.45) is 2.43. The highest BCUT2D eigenvalue weighted by Crippen LogP contribution is 2.29. The molecule has 2 saturated heterocycles. The van der Waals surface area contributed by atoms with E-state index in [1.54, 1.807) is 0 Å². The molecule has 2 aliphatic rings. The number of nitrogens with zero attached hydrogens (tertiary/aromatic N) is 5. The third kappa shape index (κ3) is 5.17. The van der Waals surface area contributed by atoms with Crippen molar-refractivity contribution in [1.29, 1.82) is 0 Å². The Hall–Kier alpha value is -2.62.